The van der Waals surface area contributed by atoms with Gasteiger partial charge in [-0.15, -0.1) is 11.3 Å². The molecule has 0 spiro atoms. The highest BCUT2D eigenvalue weighted by atomic mass is 32.2. The fourth-order valence-electron chi connectivity index (χ4n) is 2.97. The highest BCUT2D eigenvalue weighted by Gasteiger charge is 2.28. The highest BCUT2D eigenvalue weighted by Crippen LogP contribution is 2.33. The van der Waals surface area contributed by atoms with Crippen molar-refractivity contribution in [3.63, 3.8) is 0 Å². The van der Waals surface area contributed by atoms with Crippen LogP contribution in [0.5, 0.6) is 0 Å². The lowest BCUT2D eigenvalue weighted by atomic mass is 10.0. The number of oxazole rings is 1. The molecule has 0 radical (unpaired) electrons. The van der Waals surface area contributed by atoms with Crippen LogP contribution < -0.4 is 0 Å². The first-order valence-electron chi connectivity index (χ1n) is 7.56. The maximum absolute atomic E-state index is 12.6. The number of carbonyl (C=O) groups is 1. The van der Waals surface area contributed by atoms with E-state index in [1.54, 1.807) is 11.3 Å². The lowest BCUT2D eigenvalue weighted by molar-refractivity contribution is -0.130. The van der Waals surface area contributed by atoms with Gasteiger partial charge in [-0.1, -0.05) is 23.9 Å². The molecule has 3 aromatic rings. The Labute approximate surface area is 142 Å². The van der Waals surface area contributed by atoms with E-state index in [9.17, 15) is 4.79 Å². The number of hydrogen-bond acceptors (Lipinski definition) is 5. The number of benzene rings is 1. The third kappa shape index (κ3) is 2.77. The molecule has 1 aromatic carbocycles. The topological polar surface area (TPSA) is 46.3 Å². The fourth-order valence-corrected chi connectivity index (χ4v) is 4.66. The molecule has 1 aliphatic rings. The molecule has 1 amide bonds. The van der Waals surface area contributed by atoms with Gasteiger partial charge in [0.25, 0.3) is 5.22 Å². The van der Waals surface area contributed by atoms with Crippen molar-refractivity contribution in [3.8, 4) is 0 Å². The quantitative estimate of drug-likeness (QED) is 0.670. The smallest absolute Gasteiger partial charge is 0.257 e. The van der Waals surface area contributed by atoms with Crippen molar-refractivity contribution in [2.75, 3.05) is 12.3 Å². The second kappa shape index (κ2) is 6.02. The zero-order valence-electron chi connectivity index (χ0n) is 12.7. The van der Waals surface area contributed by atoms with Gasteiger partial charge in [0.1, 0.15) is 5.52 Å². The Bertz CT molecular complexity index is 822. The summed E-state index contributed by atoms with van der Waals surface area (Å²) < 4.78 is 5.66. The number of fused-ring (bicyclic) bond motifs is 2. The average Bonchev–Trinajstić information content (AvgIpc) is 3.19. The van der Waals surface area contributed by atoms with E-state index < -0.39 is 0 Å². The maximum atomic E-state index is 12.6. The minimum Gasteiger partial charge on any atom is -0.431 e. The third-order valence-electron chi connectivity index (χ3n) is 4.19. The van der Waals surface area contributed by atoms with Crippen molar-refractivity contribution < 1.29 is 9.21 Å². The van der Waals surface area contributed by atoms with Gasteiger partial charge in [-0.3, -0.25) is 4.79 Å². The van der Waals surface area contributed by atoms with E-state index in [2.05, 4.69) is 23.4 Å². The molecule has 0 saturated carbocycles. The van der Waals surface area contributed by atoms with Crippen LogP contribution in [-0.2, 0) is 11.2 Å². The minimum absolute atomic E-state index is 0.140. The summed E-state index contributed by atoms with van der Waals surface area (Å²) in [6.07, 6.45) is 0.955. The van der Waals surface area contributed by atoms with Crippen LogP contribution in [0.2, 0.25) is 0 Å². The maximum Gasteiger partial charge on any atom is 0.257 e. The van der Waals surface area contributed by atoms with Crippen molar-refractivity contribution in [2.45, 2.75) is 24.6 Å². The number of para-hydroxylation sites is 2. The molecule has 1 atom stereocenters. The van der Waals surface area contributed by atoms with E-state index in [-0.39, 0.29) is 11.9 Å². The van der Waals surface area contributed by atoms with Crippen molar-refractivity contribution >= 4 is 40.1 Å². The summed E-state index contributed by atoms with van der Waals surface area (Å²) in [5, 5.41) is 2.67. The number of aromatic nitrogens is 1. The van der Waals surface area contributed by atoms with Gasteiger partial charge in [0.05, 0.1) is 11.8 Å². The number of carbonyl (C=O) groups excluding carboxylic acids is 1. The van der Waals surface area contributed by atoms with Crippen molar-refractivity contribution in [1.82, 2.24) is 9.88 Å². The number of rotatable bonds is 3. The van der Waals surface area contributed by atoms with Gasteiger partial charge in [0, 0.05) is 11.4 Å². The van der Waals surface area contributed by atoms with Crippen LogP contribution in [-0.4, -0.2) is 28.1 Å². The molecule has 118 valence electrons. The van der Waals surface area contributed by atoms with E-state index in [0.717, 1.165) is 24.1 Å². The van der Waals surface area contributed by atoms with E-state index >= 15 is 0 Å². The number of thiophene rings is 1. The molecule has 0 aliphatic carbocycles. The number of nitrogens with zero attached hydrogens (tertiary/aromatic N) is 2. The summed E-state index contributed by atoms with van der Waals surface area (Å²) in [6.45, 7) is 2.90. The second-order valence-corrected chi connectivity index (χ2v) is 7.48. The first-order chi connectivity index (χ1) is 11.2. The summed E-state index contributed by atoms with van der Waals surface area (Å²) in [7, 11) is 0. The van der Waals surface area contributed by atoms with Crippen LogP contribution in [0.25, 0.3) is 11.1 Å². The average molecular weight is 344 g/mol. The van der Waals surface area contributed by atoms with Crippen LogP contribution in [0.15, 0.2) is 45.4 Å². The Hall–Kier alpha value is -1.79. The first-order valence-corrected chi connectivity index (χ1v) is 9.43. The first kappa shape index (κ1) is 14.8. The molecule has 23 heavy (non-hydrogen) atoms. The molecule has 6 heteroatoms. The molecule has 3 heterocycles. The van der Waals surface area contributed by atoms with E-state index in [0.29, 0.717) is 11.0 Å². The van der Waals surface area contributed by atoms with Gasteiger partial charge >= 0.3 is 0 Å². The van der Waals surface area contributed by atoms with Crippen LogP contribution in [0.4, 0.5) is 0 Å². The molecular weight excluding hydrogens is 328 g/mol. The largest absolute Gasteiger partial charge is 0.431 e. The molecule has 1 aliphatic heterocycles. The van der Waals surface area contributed by atoms with E-state index in [1.165, 1.54) is 22.2 Å². The monoisotopic (exact) mass is 344 g/mol. The summed E-state index contributed by atoms with van der Waals surface area (Å²) in [6, 6.07) is 9.94. The molecule has 2 aromatic heterocycles. The molecule has 4 rings (SSSR count). The van der Waals surface area contributed by atoms with E-state index in [4.69, 9.17) is 4.42 Å². The van der Waals surface area contributed by atoms with Gasteiger partial charge in [0.2, 0.25) is 5.91 Å². The van der Waals surface area contributed by atoms with Gasteiger partial charge in [-0.2, -0.15) is 0 Å². The Morgan fingerprint density at radius 2 is 2.30 bits per heavy atom. The van der Waals surface area contributed by atoms with Gasteiger partial charge < -0.3 is 9.32 Å². The van der Waals surface area contributed by atoms with Gasteiger partial charge in [0.15, 0.2) is 5.58 Å². The molecule has 0 fully saturated rings. The molecule has 0 N–H and O–H groups in total. The number of hydrogen-bond donors (Lipinski definition) is 0. The second-order valence-electron chi connectivity index (χ2n) is 5.55. The predicted octanol–water partition coefficient (Wildman–Crippen LogP) is 4.13. The van der Waals surface area contributed by atoms with E-state index in [1.807, 2.05) is 29.2 Å². The number of thioether (sulfide) groups is 1. The van der Waals surface area contributed by atoms with Crippen LogP contribution >= 0.6 is 23.1 Å². The predicted molar refractivity (Wildman–Crippen MR) is 92.9 cm³/mol. The Morgan fingerprint density at radius 3 is 3.17 bits per heavy atom. The third-order valence-corrected chi connectivity index (χ3v) is 6.00. The molecular formula is C17H16N2O2S2. The lowest BCUT2D eigenvalue weighted by Crippen LogP contribution is -2.39. The molecule has 4 nitrogen and oxygen atoms in total. The fraction of sp³-hybridized carbons (Fsp3) is 0.294. The van der Waals surface area contributed by atoms with Crippen molar-refractivity contribution in [3.05, 3.63) is 46.2 Å². The minimum atomic E-state index is 0.140. The Balaban J connectivity index is 1.44. The summed E-state index contributed by atoms with van der Waals surface area (Å²) in [5.41, 5.74) is 2.88. The van der Waals surface area contributed by atoms with Crippen LogP contribution in [0.3, 0.4) is 0 Å². The summed E-state index contributed by atoms with van der Waals surface area (Å²) in [4.78, 5) is 20.3. The lowest BCUT2D eigenvalue weighted by Gasteiger charge is -2.33. The normalized spacial score (nSPS) is 17.4. The van der Waals surface area contributed by atoms with Crippen molar-refractivity contribution in [2.24, 2.45) is 0 Å². The zero-order chi connectivity index (χ0) is 15.8. The molecule has 0 saturated heterocycles. The van der Waals surface area contributed by atoms with Gasteiger partial charge in [-0.05, 0) is 42.5 Å². The Morgan fingerprint density at radius 1 is 1.43 bits per heavy atom. The number of amides is 1. The highest BCUT2D eigenvalue weighted by molar-refractivity contribution is 7.99. The Kier molecular flexibility index (Phi) is 3.87. The summed E-state index contributed by atoms with van der Waals surface area (Å²) in [5.74, 6) is 0.498. The zero-order valence-corrected chi connectivity index (χ0v) is 14.3. The SMILES string of the molecule is C[C@H]1c2ccsc2CCN1C(=O)CSc1nc2ccccc2o1. The van der Waals surface area contributed by atoms with Crippen LogP contribution in [0.1, 0.15) is 23.4 Å². The standard InChI is InChI=1S/C17H16N2O2S2/c1-11-12-7-9-22-15(12)6-8-19(11)16(20)10-23-17-18-13-4-2-3-5-14(13)21-17/h2-5,7,9,11H,6,8,10H2,1H3/t11-/m0/s1. The van der Waals surface area contributed by atoms with Gasteiger partial charge in [-0.25, -0.2) is 4.98 Å². The molecule has 0 unspecified atom stereocenters. The summed E-state index contributed by atoms with van der Waals surface area (Å²) >= 11 is 3.15. The van der Waals surface area contributed by atoms with Crippen molar-refractivity contribution in [1.29, 1.82) is 0 Å². The molecule has 0 bridgehead atoms. The van der Waals surface area contributed by atoms with Crippen LogP contribution in [0, 0.1) is 0 Å².